The number of ether oxygens (including phenoxy) is 2. The van der Waals surface area contributed by atoms with Crippen LogP contribution in [0.5, 0.6) is 5.75 Å². The molecule has 7 N–H and O–H groups in total. The van der Waals surface area contributed by atoms with Crippen molar-refractivity contribution in [3.63, 3.8) is 0 Å². The van der Waals surface area contributed by atoms with Crippen molar-refractivity contribution in [1.29, 1.82) is 0 Å². The normalized spacial score (nSPS) is 26.7. The lowest BCUT2D eigenvalue weighted by molar-refractivity contribution is -0.271. The third kappa shape index (κ3) is 5.85. The van der Waals surface area contributed by atoms with Crippen LogP contribution in [0, 0.1) is 0 Å². The van der Waals surface area contributed by atoms with Crippen LogP contribution in [0.15, 0.2) is 18.2 Å². The maximum atomic E-state index is 12.1. The number of benzene rings is 1. The number of aliphatic hydroxyl groups is 4. The molecule has 2 rings (SSSR count). The van der Waals surface area contributed by atoms with Crippen molar-refractivity contribution < 1.29 is 44.6 Å². The van der Waals surface area contributed by atoms with Crippen LogP contribution in [0.1, 0.15) is 18.9 Å². The highest BCUT2D eigenvalue weighted by atomic mass is 16.7. The van der Waals surface area contributed by atoms with Crippen LogP contribution >= 0.6 is 0 Å². The van der Waals surface area contributed by atoms with E-state index in [1.165, 1.54) is 18.2 Å². The number of carboxylic acid groups (broad SMARTS) is 1. The second-order valence-corrected chi connectivity index (χ2v) is 6.49. The first kappa shape index (κ1) is 23.0. The Kier molecular flexibility index (Phi) is 8.32. The Bertz CT molecular complexity index is 715. The van der Waals surface area contributed by atoms with Gasteiger partial charge in [-0.05, 0) is 24.2 Å². The van der Waals surface area contributed by atoms with Crippen molar-refractivity contribution in [2.75, 3.05) is 18.4 Å². The summed E-state index contributed by atoms with van der Waals surface area (Å²) in [6, 6.07) is 4.35. The minimum Gasteiger partial charge on any atom is -0.479 e. The van der Waals surface area contributed by atoms with Crippen LogP contribution in [0.3, 0.4) is 0 Å². The maximum Gasteiger partial charge on any atom is 0.335 e. The average molecular weight is 414 g/mol. The SMILES string of the molecule is CCNCCC(=O)Nc1cc(CO)ccc1OC1OC(C(=O)O)C(O)C(O)C1O. The van der Waals surface area contributed by atoms with Gasteiger partial charge in [0.1, 0.15) is 24.1 Å². The molecular weight excluding hydrogens is 388 g/mol. The van der Waals surface area contributed by atoms with E-state index in [9.17, 15) is 30.0 Å². The minimum atomic E-state index is -1.84. The first-order valence-electron chi connectivity index (χ1n) is 9.12. The third-order valence-corrected chi connectivity index (χ3v) is 4.34. The number of aliphatic carboxylic acids is 1. The Hall–Kier alpha value is -2.28. The summed E-state index contributed by atoms with van der Waals surface area (Å²) in [5.74, 6) is -1.85. The van der Waals surface area contributed by atoms with Gasteiger partial charge < -0.3 is 45.6 Å². The molecule has 5 unspecified atom stereocenters. The molecule has 1 amide bonds. The Balaban J connectivity index is 2.20. The van der Waals surface area contributed by atoms with Crippen molar-refractivity contribution in [2.45, 2.75) is 50.7 Å². The largest absolute Gasteiger partial charge is 0.479 e. The first-order valence-corrected chi connectivity index (χ1v) is 9.12. The van der Waals surface area contributed by atoms with E-state index < -0.39 is 36.7 Å². The fourth-order valence-corrected chi connectivity index (χ4v) is 2.74. The number of rotatable bonds is 9. The van der Waals surface area contributed by atoms with Gasteiger partial charge in [0, 0.05) is 13.0 Å². The fourth-order valence-electron chi connectivity index (χ4n) is 2.74. The molecule has 0 radical (unpaired) electrons. The number of anilines is 1. The van der Waals surface area contributed by atoms with E-state index >= 15 is 0 Å². The lowest BCUT2D eigenvalue weighted by atomic mass is 9.99. The highest BCUT2D eigenvalue weighted by molar-refractivity contribution is 5.92. The lowest BCUT2D eigenvalue weighted by Gasteiger charge is -2.38. The Morgan fingerprint density at radius 1 is 1.17 bits per heavy atom. The second kappa shape index (κ2) is 10.5. The van der Waals surface area contributed by atoms with E-state index in [1.54, 1.807) is 0 Å². The molecule has 11 heteroatoms. The Morgan fingerprint density at radius 2 is 1.90 bits per heavy atom. The molecule has 1 saturated heterocycles. The van der Waals surface area contributed by atoms with Gasteiger partial charge in [0.05, 0.1) is 12.3 Å². The molecule has 0 saturated carbocycles. The van der Waals surface area contributed by atoms with Crippen LogP contribution in [0.2, 0.25) is 0 Å². The molecule has 11 nitrogen and oxygen atoms in total. The number of hydrogen-bond donors (Lipinski definition) is 7. The quantitative estimate of drug-likeness (QED) is 0.233. The molecule has 0 bridgehead atoms. The van der Waals surface area contributed by atoms with E-state index in [0.29, 0.717) is 18.7 Å². The van der Waals surface area contributed by atoms with Crippen molar-refractivity contribution in [1.82, 2.24) is 5.32 Å². The zero-order valence-electron chi connectivity index (χ0n) is 15.8. The molecule has 162 valence electrons. The molecule has 0 spiro atoms. The topological polar surface area (TPSA) is 178 Å². The van der Waals surface area contributed by atoms with E-state index in [2.05, 4.69) is 10.6 Å². The van der Waals surface area contributed by atoms with Gasteiger partial charge in [0.15, 0.2) is 6.10 Å². The third-order valence-electron chi connectivity index (χ3n) is 4.34. The zero-order valence-corrected chi connectivity index (χ0v) is 15.8. The van der Waals surface area contributed by atoms with Gasteiger partial charge in [-0.1, -0.05) is 13.0 Å². The monoisotopic (exact) mass is 414 g/mol. The summed E-state index contributed by atoms with van der Waals surface area (Å²) in [4.78, 5) is 23.3. The number of carbonyl (C=O) groups excluding carboxylic acids is 1. The number of hydrogen-bond acceptors (Lipinski definition) is 9. The zero-order chi connectivity index (χ0) is 21.6. The maximum absolute atomic E-state index is 12.1. The van der Waals surface area contributed by atoms with Gasteiger partial charge in [-0.15, -0.1) is 0 Å². The van der Waals surface area contributed by atoms with Crippen molar-refractivity contribution in [3.8, 4) is 5.75 Å². The molecule has 1 fully saturated rings. The van der Waals surface area contributed by atoms with E-state index in [0.717, 1.165) is 0 Å². The van der Waals surface area contributed by atoms with E-state index in [-0.39, 0.29) is 30.4 Å². The smallest absolute Gasteiger partial charge is 0.335 e. The predicted octanol–water partition coefficient (Wildman–Crippen LogP) is -1.61. The van der Waals surface area contributed by atoms with Gasteiger partial charge >= 0.3 is 5.97 Å². The molecule has 1 aromatic carbocycles. The molecule has 1 aromatic rings. The summed E-state index contributed by atoms with van der Waals surface area (Å²) in [5.41, 5.74) is 0.643. The standard InChI is InChI=1S/C18H26N2O9/c1-2-19-6-5-12(22)20-10-7-9(8-21)3-4-11(10)28-18-15(25)13(23)14(24)16(29-18)17(26)27/h3-4,7,13-16,18-19,21,23-25H,2,5-6,8H2,1H3,(H,20,22)(H,26,27). The average Bonchev–Trinajstić information content (AvgIpc) is 2.69. The number of nitrogens with one attached hydrogen (secondary N) is 2. The van der Waals surface area contributed by atoms with Crippen LogP contribution in [-0.4, -0.2) is 81.2 Å². The highest BCUT2D eigenvalue weighted by Crippen LogP contribution is 2.31. The minimum absolute atomic E-state index is 0.0239. The van der Waals surface area contributed by atoms with Gasteiger partial charge in [-0.3, -0.25) is 4.79 Å². The van der Waals surface area contributed by atoms with E-state index in [4.69, 9.17) is 14.6 Å². The van der Waals surface area contributed by atoms with Crippen LogP contribution in [-0.2, 0) is 20.9 Å². The first-order chi connectivity index (χ1) is 13.8. The molecule has 0 aliphatic carbocycles. The molecule has 0 aromatic heterocycles. The number of carbonyl (C=O) groups is 2. The number of carboxylic acids is 1. The van der Waals surface area contributed by atoms with Gasteiger partial charge in [0.25, 0.3) is 0 Å². The van der Waals surface area contributed by atoms with Crippen LogP contribution < -0.4 is 15.4 Å². The second-order valence-electron chi connectivity index (χ2n) is 6.49. The van der Waals surface area contributed by atoms with Crippen molar-refractivity contribution in [3.05, 3.63) is 23.8 Å². The highest BCUT2D eigenvalue weighted by Gasteiger charge is 2.48. The van der Waals surface area contributed by atoms with E-state index in [1.807, 2.05) is 6.92 Å². The number of amides is 1. The Morgan fingerprint density at radius 3 is 2.52 bits per heavy atom. The molecule has 1 heterocycles. The molecule has 29 heavy (non-hydrogen) atoms. The number of aliphatic hydroxyl groups excluding tert-OH is 4. The lowest BCUT2D eigenvalue weighted by Crippen LogP contribution is -2.61. The van der Waals surface area contributed by atoms with Gasteiger partial charge in [-0.2, -0.15) is 0 Å². The molecule has 5 atom stereocenters. The Labute approximate surface area is 166 Å². The molecule has 1 aliphatic heterocycles. The van der Waals surface area contributed by atoms with Crippen molar-refractivity contribution >= 4 is 17.6 Å². The summed E-state index contributed by atoms with van der Waals surface area (Å²) in [7, 11) is 0. The summed E-state index contributed by atoms with van der Waals surface area (Å²) in [5, 5.41) is 53.8. The summed E-state index contributed by atoms with van der Waals surface area (Å²) >= 11 is 0. The summed E-state index contributed by atoms with van der Waals surface area (Å²) < 4.78 is 10.6. The summed E-state index contributed by atoms with van der Waals surface area (Å²) in [6.45, 7) is 2.76. The molecular formula is C18H26N2O9. The van der Waals surface area contributed by atoms with Crippen LogP contribution in [0.4, 0.5) is 5.69 Å². The van der Waals surface area contributed by atoms with Crippen LogP contribution in [0.25, 0.3) is 0 Å². The van der Waals surface area contributed by atoms with Gasteiger partial charge in [-0.25, -0.2) is 4.79 Å². The summed E-state index contributed by atoms with van der Waals surface area (Å²) in [6.07, 6.45) is -8.66. The molecule has 1 aliphatic rings. The van der Waals surface area contributed by atoms with Gasteiger partial charge in [0.2, 0.25) is 12.2 Å². The van der Waals surface area contributed by atoms with Crippen molar-refractivity contribution in [2.24, 2.45) is 0 Å². The fraction of sp³-hybridized carbons (Fsp3) is 0.556. The predicted molar refractivity (Wildman–Crippen MR) is 99.1 cm³/mol.